The second-order valence-electron chi connectivity index (χ2n) is 5.62. The highest BCUT2D eigenvalue weighted by atomic mass is 15.2. The van der Waals surface area contributed by atoms with Crippen LogP contribution in [0.1, 0.15) is 46.5 Å². The van der Waals surface area contributed by atoms with Crippen LogP contribution in [0.15, 0.2) is 0 Å². The van der Waals surface area contributed by atoms with Crippen LogP contribution in [0.25, 0.3) is 0 Å². The predicted octanol–water partition coefficient (Wildman–Crippen LogP) is 2.18. The molecule has 0 aromatic carbocycles. The third-order valence-electron chi connectivity index (χ3n) is 4.17. The second kappa shape index (κ2) is 8.89. The van der Waals surface area contributed by atoms with Crippen molar-refractivity contribution < 1.29 is 0 Å². The molecule has 0 bridgehead atoms. The summed E-state index contributed by atoms with van der Waals surface area (Å²) in [5, 5.41) is 3.71. The molecule has 0 aromatic rings. The largest absolute Gasteiger partial charge is 0.313 e. The average molecular weight is 255 g/mol. The van der Waals surface area contributed by atoms with E-state index in [1.807, 2.05) is 0 Å². The molecule has 1 N–H and O–H groups in total. The van der Waals surface area contributed by atoms with Crippen LogP contribution >= 0.6 is 0 Å². The van der Waals surface area contributed by atoms with Crippen LogP contribution in [0, 0.1) is 0 Å². The van der Waals surface area contributed by atoms with Crippen LogP contribution in [-0.4, -0.2) is 61.7 Å². The number of hydrogen-bond acceptors (Lipinski definition) is 3. The summed E-state index contributed by atoms with van der Waals surface area (Å²) in [6.45, 7) is 13.0. The van der Waals surface area contributed by atoms with E-state index in [-0.39, 0.29) is 0 Å². The summed E-state index contributed by atoms with van der Waals surface area (Å²) >= 11 is 0. The zero-order chi connectivity index (χ0) is 13.4. The molecule has 1 rings (SSSR count). The van der Waals surface area contributed by atoms with Crippen molar-refractivity contribution in [2.45, 2.75) is 58.5 Å². The molecule has 0 aromatic heterocycles. The van der Waals surface area contributed by atoms with Crippen molar-refractivity contribution >= 4 is 0 Å². The van der Waals surface area contributed by atoms with Crippen LogP contribution in [0.3, 0.4) is 0 Å². The highest BCUT2D eigenvalue weighted by Gasteiger charge is 2.26. The van der Waals surface area contributed by atoms with Gasteiger partial charge in [-0.15, -0.1) is 0 Å². The molecule has 1 aliphatic rings. The van der Waals surface area contributed by atoms with Crippen molar-refractivity contribution in [2.24, 2.45) is 0 Å². The monoisotopic (exact) mass is 255 g/mol. The van der Waals surface area contributed by atoms with Gasteiger partial charge in [0.2, 0.25) is 0 Å². The Bertz CT molecular complexity index is 202. The maximum atomic E-state index is 3.71. The Kier molecular flexibility index (Phi) is 7.87. The first-order valence-electron chi connectivity index (χ1n) is 7.88. The molecule has 3 heteroatoms. The van der Waals surface area contributed by atoms with E-state index in [9.17, 15) is 0 Å². The summed E-state index contributed by atoms with van der Waals surface area (Å²) in [4.78, 5) is 5.20. The molecule has 0 amide bonds. The number of likely N-dealkylation sites (N-methyl/N-ethyl adjacent to an activating group) is 2. The minimum atomic E-state index is 0.674. The maximum Gasteiger partial charge on any atom is 0.0247 e. The van der Waals surface area contributed by atoms with Crippen molar-refractivity contribution in [2.75, 3.05) is 39.8 Å². The van der Waals surface area contributed by atoms with Gasteiger partial charge < -0.3 is 10.2 Å². The Balaban J connectivity index is 2.60. The molecule has 2 unspecified atom stereocenters. The van der Waals surface area contributed by atoms with Gasteiger partial charge in [0.1, 0.15) is 0 Å². The fraction of sp³-hybridized carbons (Fsp3) is 1.00. The number of nitrogens with one attached hydrogen (secondary N) is 1. The minimum Gasteiger partial charge on any atom is -0.313 e. The highest BCUT2D eigenvalue weighted by molar-refractivity contribution is 4.85. The van der Waals surface area contributed by atoms with Gasteiger partial charge in [-0.2, -0.15) is 0 Å². The van der Waals surface area contributed by atoms with Crippen molar-refractivity contribution in [1.82, 2.24) is 15.1 Å². The molecule has 2 atom stereocenters. The maximum absolute atomic E-state index is 3.71. The predicted molar refractivity (Wildman–Crippen MR) is 80.1 cm³/mol. The van der Waals surface area contributed by atoms with E-state index >= 15 is 0 Å². The lowest BCUT2D eigenvalue weighted by Gasteiger charge is -2.36. The minimum absolute atomic E-state index is 0.674. The molecule has 1 fully saturated rings. The topological polar surface area (TPSA) is 18.5 Å². The lowest BCUT2D eigenvalue weighted by atomic mass is 9.98. The summed E-state index contributed by atoms with van der Waals surface area (Å²) in [5.41, 5.74) is 0. The Morgan fingerprint density at radius 1 is 1.06 bits per heavy atom. The fourth-order valence-corrected chi connectivity index (χ4v) is 3.20. The summed E-state index contributed by atoms with van der Waals surface area (Å²) < 4.78 is 0. The Morgan fingerprint density at radius 2 is 1.83 bits per heavy atom. The zero-order valence-electron chi connectivity index (χ0n) is 12.9. The van der Waals surface area contributed by atoms with E-state index in [4.69, 9.17) is 0 Å². The molecule has 1 saturated heterocycles. The fourth-order valence-electron chi connectivity index (χ4n) is 3.20. The normalized spacial score (nSPS) is 22.7. The molecule has 1 heterocycles. The first-order valence-corrected chi connectivity index (χ1v) is 7.88. The molecule has 18 heavy (non-hydrogen) atoms. The molecule has 0 aliphatic carbocycles. The third-order valence-corrected chi connectivity index (χ3v) is 4.17. The summed E-state index contributed by atoms with van der Waals surface area (Å²) in [5.74, 6) is 0. The lowest BCUT2D eigenvalue weighted by Crippen LogP contribution is -2.50. The van der Waals surface area contributed by atoms with Gasteiger partial charge in [0, 0.05) is 25.2 Å². The summed E-state index contributed by atoms with van der Waals surface area (Å²) in [7, 11) is 2.25. The second-order valence-corrected chi connectivity index (χ2v) is 5.62. The molecule has 0 saturated carbocycles. The van der Waals surface area contributed by atoms with Crippen LogP contribution in [-0.2, 0) is 0 Å². The highest BCUT2D eigenvalue weighted by Crippen LogP contribution is 2.16. The van der Waals surface area contributed by atoms with E-state index in [0.717, 1.165) is 12.6 Å². The zero-order valence-corrected chi connectivity index (χ0v) is 12.9. The van der Waals surface area contributed by atoms with Crippen LogP contribution < -0.4 is 5.32 Å². The summed E-state index contributed by atoms with van der Waals surface area (Å²) in [6, 6.07) is 1.39. The Morgan fingerprint density at radius 3 is 2.44 bits per heavy atom. The lowest BCUT2D eigenvalue weighted by molar-refractivity contribution is 0.152. The molecule has 1 aliphatic heterocycles. The molecule has 0 spiro atoms. The number of nitrogens with zero attached hydrogens (tertiary/aromatic N) is 2. The average Bonchev–Trinajstić information content (AvgIpc) is 2.56. The van der Waals surface area contributed by atoms with E-state index in [1.54, 1.807) is 0 Å². The van der Waals surface area contributed by atoms with E-state index < -0.39 is 0 Å². The van der Waals surface area contributed by atoms with E-state index in [1.165, 1.54) is 51.9 Å². The van der Waals surface area contributed by atoms with Crippen molar-refractivity contribution in [1.29, 1.82) is 0 Å². The van der Waals surface area contributed by atoms with Gasteiger partial charge in [0.15, 0.2) is 0 Å². The summed E-state index contributed by atoms with van der Waals surface area (Å²) in [6.07, 6.45) is 5.17. The van der Waals surface area contributed by atoms with E-state index in [0.29, 0.717) is 6.04 Å². The number of rotatable bonds is 7. The van der Waals surface area contributed by atoms with Crippen molar-refractivity contribution in [3.05, 3.63) is 0 Å². The van der Waals surface area contributed by atoms with Gasteiger partial charge in [-0.1, -0.05) is 27.2 Å². The molecule has 108 valence electrons. The van der Waals surface area contributed by atoms with Gasteiger partial charge in [-0.3, -0.25) is 4.90 Å². The van der Waals surface area contributed by atoms with Gasteiger partial charge >= 0.3 is 0 Å². The Labute approximate surface area is 114 Å². The third kappa shape index (κ3) is 4.87. The van der Waals surface area contributed by atoms with Gasteiger partial charge in [0.25, 0.3) is 0 Å². The van der Waals surface area contributed by atoms with Gasteiger partial charge in [-0.25, -0.2) is 0 Å². The number of hydrogen-bond donors (Lipinski definition) is 1. The molecule has 0 radical (unpaired) electrons. The molecule has 3 nitrogen and oxygen atoms in total. The SMILES string of the molecule is CCCC(NCC)C(CC)N1CCCN(C)CC1. The van der Waals surface area contributed by atoms with E-state index in [2.05, 4.69) is 42.9 Å². The van der Waals surface area contributed by atoms with Crippen LogP contribution in [0.2, 0.25) is 0 Å². The standard InChI is InChI=1S/C15H33N3/c1-5-9-14(16-7-3)15(6-2)18-11-8-10-17(4)12-13-18/h14-16H,5-13H2,1-4H3. The Hall–Kier alpha value is -0.120. The first kappa shape index (κ1) is 15.9. The van der Waals surface area contributed by atoms with Gasteiger partial charge in [0.05, 0.1) is 0 Å². The van der Waals surface area contributed by atoms with Crippen molar-refractivity contribution in [3.8, 4) is 0 Å². The molecular weight excluding hydrogens is 222 g/mol. The smallest absolute Gasteiger partial charge is 0.0247 e. The van der Waals surface area contributed by atoms with Gasteiger partial charge in [-0.05, 0) is 45.9 Å². The quantitative estimate of drug-likeness (QED) is 0.752. The van der Waals surface area contributed by atoms with Crippen LogP contribution in [0.5, 0.6) is 0 Å². The molecular formula is C15H33N3. The van der Waals surface area contributed by atoms with Crippen LogP contribution in [0.4, 0.5) is 0 Å². The van der Waals surface area contributed by atoms with Crippen molar-refractivity contribution in [3.63, 3.8) is 0 Å². The first-order chi connectivity index (χ1) is 8.72.